The molecule has 1 aromatic rings. The number of nitrogens with zero attached hydrogens (tertiary/aromatic N) is 3. The Labute approximate surface area is 104 Å². The number of hydrogen-bond donors (Lipinski definition) is 3. The summed E-state index contributed by atoms with van der Waals surface area (Å²) in [6.07, 6.45) is 2.78. The second-order valence-corrected chi connectivity index (χ2v) is 3.89. The number of nitrogens with one attached hydrogen (secondary N) is 1. The van der Waals surface area contributed by atoms with Crippen molar-refractivity contribution in [3.63, 3.8) is 0 Å². The minimum Gasteiger partial charge on any atom is -0.480 e. The summed E-state index contributed by atoms with van der Waals surface area (Å²) in [5.41, 5.74) is 0.401. The molecule has 0 saturated heterocycles. The first-order chi connectivity index (χ1) is 8.43. The molecule has 3 N–H and O–H groups in total. The van der Waals surface area contributed by atoms with Crippen molar-refractivity contribution >= 4 is 17.7 Å². The largest absolute Gasteiger partial charge is 0.480 e. The van der Waals surface area contributed by atoms with Gasteiger partial charge in [-0.25, -0.2) is 4.79 Å². The summed E-state index contributed by atoms with van der Waals surface area (Å²) in [7, 11) is 1.55. The van der Waals surface area contributed by atoms with Gasteiger partial charge in [0.2, 0.25) is 0 Å². The van der Waals surface area contributed by atoms with E-state index in [1.807, 2.05) is 0 Å². The fraction of sp³-hybridized carbons (Fsp3) is 0.500. The van der Waals surface area contributed by atoms with Crippen LogP contribution in [0, 0.1) is 0 Å². The van der Waals surface area contributed by atoms with Gasteiger partial charge in [-0.1, -0.05) is 0 Å². The molecule has 8 nitrogen and oxygen atoms in total. The van der Waals surface area contributed by atoms with Crippen molar-refractivity contribution in [2.45, 2.75) is 19.5 Å². The van der Waals surface area contributed by atoms with E-state index in [1.54, 1.807) is 14.0 Å². The molecule has 0 fully saturated rings. The summed E-state index contributed by atoms with van der Waals surface area (Å²) in [5.74, 6) is -1.01. The predicted octanol–water partition coefficient (Wildman–Crippen LogP) is -0.188. The van der Waals surface area contributed by atoms with Crippen LogP contribution in [0.5, 0.6) is 0 Å². The third-order valence-corrected chi connectivity index (χ3v) is 2.43. The van der Waals surface area contributed by atoms with E-state index in [1.165, 1.54) is 22.0 Å². The van der Waals surface area contributed by atoms with Gasteiger partial charge in [0.05, 0.1) is 24.5 Å². The molecule has 18 heavy (non-hydrogen) atoms. The van der Waals surface area contributed by atoms with Crippen LogP contribution in [-0.4, -0.2) is 56.6 Å². The van der Waals surface area contributed by atoms with Crippen molar-refractivity contribution in [1.82, 2.24) is 14.7 Å². The molecule has 0 saturated carbocycles. The number of carboxylic acids is 1. The van der Waals surface area contributed by atoms with Crippen LogP contribution >= 0.6 is 0 Å². The van der Waals surface area contributed by atoms with Crippen molar-refractivity contribution in [1.29, 1.82) is 0 Å². The Kier molecular flexibility index (Phi) is 4.67. The number of anilines is 1. The van der Waals surface area contributed by atoms with Gasteiger partial charge in [0.1, 0.15) is 6.54 Å². The standard InChI is InChI=1S/C10H16N4O4/c1-7(6-15)13(2)10(18)12-8-3-11-14(4-8)5-9(16)17/h3-4,7,15H,5-6H2,1-2H3,(H,12,18)(H,16,17). The second kappa shape index (κ2) is 6.01. The van der Waals surface area contributed by atoms with E-state index in [2.05, 4.69) is 10.4 Å². The van der Waals surface area contributed by atoms with Crippen LogP contribution in [0.15, 0.2) is 12.4 Å². The molecule has 1 atom stereocenters. The Bertz CT molecular complexity index is 431. The molecule has 0 aromatic carbocycles. The smallest absolute Gasteiger partial charge is 0.325 e. The Balaban J connectivity index is 2.59. The molecular formula is C10H16N4O4. The number of hydrogen-bond acceptors (Lipinski definition) is 4. The van der Waals surface area contributed by atoms with Gasteiger partial charge in [0.25, 0.3) is 0 Å². The van der Waals surface area contributed by atoms with E-state index < -0.39 is 12.0 Å². The van der Waals surface area contributed by atoms with E-state index in [-0.39, 0.29) is 19.2 Å². The molecule has 1 unspecified atom stereocenters. The quantitative estimate of drug-likeness (QED) is 0.677. The molecule has 0 bridgehead atoms. The van der Waals surface area contributed by atoms with E-state index in [4.69, 9.17) is 10.2 Å². The number of carbonyl (C=O) groups excluding carboxylic acids is 1. The van der Waals surface area contributed by atoms with Crippen LogP contribution in [0.4, 0.5) is 10.5 Å². The minimum atomic E-state index is -1.01. The zero-order valence-electron chi connectivity index (χ0n) is 10.2. The van der Waals surface area contributed by atoms with E-state index in [0.717, 1.165) is 0 Å². The lowest BCUT2D eigenvalue weighted by molar-refractivity contribution is -0.137. The fourth-order valence-electron chi connectivity index (χ4n) is 1.19. The summed E-state index contributed by atoms with van der Waals surface area (Å²) in [6, 6.07) is -0.703. The van der Waals surface area contributed by atoms with Crippen LogP contribution in [0.25, 0.3) is 0 Å². The SMILES string of the molecule is CC(CO)N(C)C(=O)Nc1cnn(CC(=O)O)c1. The molecule has 1 rings (SSSR count). The average molecular weight is 256 g/mol. The summed E-state index contributed by atoms with van der Waals surface area (Å²) in [5, 5.41) is 23.8. The lowest BCUT2D eigenvalue weighted by Crippen LogP contribution is -2.40. The van der Waals surface area contributed by atoms with Crippen LogP contribution in [0.1, 0.15) is 6.92 Å². The van der Waals surface area contributed by atoms with Crippen molar-refractivity contribution in [2.24, 2.45) is 0 Å². The third kappa shape index (κ3) is 3.74. The van der Waals surface area contributed by atoms with Gasteiger partial charge >= 0.3 is 12.0 Å². The first-order valence-electron chi connectivity index (χ1n) is 5.33. The number of likely N-dealkylation sites (N-methyl/N-ethyl adjacent to an activating group) is 1. The molecule has 0 aliphatic carbocycles. The molecule has 0 aliphatic rings. The van der Waals surface area contributed by atoms with Gasteiger partial charge in [-0.15, -0.1) is 0 Å². The molecule has 0 aliphatic heterocycles. The second-order valence-electron chi connectivity index (χ2n) is 3.89. The summed E-state index contributed by atoms with van der Waals surface area (Å²) in [4.78, 5) is 23.5. The molecule has 0 radical (unpaired) electrons. The molecule has 1 heterocycles. The molecule has 100 valence electrons. The molecule has 1 aromatic heterocycles. The summed E-state index contributed by atoms with van der Waals surface area (Å²) in [6.45, 7) is 1.30. The highest BCUT2D eigenvalue weighted by molar-refractivity contribution is 5.89. The number of rotatable bonds is 5. The average Bonchev–Trinajstić information content (AvgIpc) is 2.73. The van der Waals surface area contributed by atoms with Crippen LogP contribution in [-0.2, 0) is 11.3 Å². The number of aromatic nitrogens is 2. The number of aliphatic hydroxyl groups excluding tert-OH is 1. The molecule has 0 spiro atoms. The van der Waals surface area contributed by atoms with Gasteiger partial charge in [0.15, 0.2) is 0 Å². The van der Waals surface area contributed by atoms with Crippen LogP contribution < -0.4 is 5.32 Å². The predicted molar refractivity (Wildman–Crippen MR) is 63.2 cm³/mol. The Morgan fingerprint density at radius 1 is 1.61 bits per heavy atom. The Hall–Kier alpha value is -2.09. The van der Waals surface area contributed by atoms with Gasteiger partial charge in [-0.05, 0) is 6.92 Å². The number of aliphatic hydroxyl groups is 1. The number of carbonyl (C=O) groups is 2. The van der Waals surface area contributed by atoms with E-state index in [0.29, 0.717) is 5.69 Å². The van der Waals surface area contributed by atoms with Gasteiger partial charge in [0, 0.05) is 13.2 Å². The highest BCUT2D eigenvalue weighted by Crippen LogP contribution is 2.07. The number of urea groups is 1. The lowest BCUT2D eigenvalue weighted by Gasteiger charge is -2.22. The van der Waals surface area contributed by atoms with Crippen LogP contribution in [0.2, 0.25) is 0 Å². The number of aliphatic carboxylic acids is 1. The first kappa shape index (κ1) is 14.0. The van der Waals surface area contributed by atoms with E-state index in [9.17, 15) is 9.59 Å². The monoisotopic (exact) mass is 256 g/mol. The van der Waals surface area contributed by atoms with E-state index >= 15 is 0 Å². The highest BCUT2D eigenvalue weighted by Gasteiger charge is 2.15. The lowest BCUT2D eigenvalue weighted by atomic mass is 10.3. The minimum absolute atomic E-state index is 0.137. The maximum atomic E-state index is 11.7. The summed E-state index contributed by atoms with van der Waals surface area (Å²) < 4.78 is 1.20. The fourth-order valence-corrected chi connectivity index (χ4v) is 1.19. The van der Waals surface area contributed by atoms with Crippen molar-refractivity contribution in [3.05, 3.63) is 12.4 Å². The molecular weight excluding hydrogens is 240 g/mol. The van der Waals surface area contributed by atoms with Crippen molar-refractivity contribution in [3.8, 4) is 0 Å². The Morgan fingerprint density at radius 2 is 2.28 bits per heavy atom. The highest BCUT2D eigenvalue weighted by atomic mass is 16.4. The topological polar surface area (TPSA) is 108 Å². The van der Waals surface area contributed by atoms with Crippen molar-refractivity contribution < 1.29 is 19.8 Å². The van der Waals surface area contributed by atoms with Crippen LogP contribution in [0.3, 0.4) is 0 Å². The van der Waals surface area contributed by atoms with Gasteiger partial charge in [-0.3, -0.25) is 9.48 Å². The normalized spacial score (nSPS) is 11.9. The number of amides is 2. The van der Waals surface area contributed by atoms with Crippen molar-refractivity contribution in [2.75, 3.05) is 19.0 Å². The zero-order chi connectivity index (χ0) is 13.7. The summed E-state index contributed by atoms with van der Waals surface area (Å²) >= 11 is 0. The molecule has 8 heteroatoms. The van der Waals surface area contributed by atoms with Gasteiger partial charge in [-0.2, -0.15) is 5.10 Å². The Morgan fingerprint density at radius 3 is 2.83 bits per heavy atom. The van der Waals surface area contributed by atoms with Gasteiger partial charge < -0.3 is 20.4 Å². The number of carboxylic acid groups (broad SMARTS) is 1. The third-order valence-electron chi connectivity index (χ3n) is 2.43. The maximum Gasteiger partial charge on any atom is 0.325 e. The first-order valence-corrected chi connectivity index (χ1v) is 5.33. The maximum absolute atomic E-state index is 11.7. The molecule has 2 amide bonds. The zero-order valence-corrected chi connectivity index (χ0v) is 10.2.